The summed E-state index contributed by atoms with van der Waals surface area (Å²) < 4.78 is 6.32. The molecule has 1 amide bonds. The Bertz CT molecular complexity index is 1480. The molecule has 1 saturated heterocycles. The first-order valence-corrected chi connectivity index (χ1v) is 13.6. The molecule has 0 radical (unpaired) electrons. The van der Waals surface area contributed by atoms with Gasteiger partial charge in [0.25, 0.3) is 5.91 Å². The molecular weight excluding hydrogens is 528 g/mol. The number of ether oxygens (including phenoxy) is 1. The second-order valence-corrected chi connectivity index (χ2v) is 10.4. The molecule has 0 atom stereocenters. The smallest absolute Gasteiger partial charge is 0.258 e. The van der Waals surface area contributed by atoms with Gasteiger partial charge in [-0.1, -0.05) is 24.3 Å². The number of benzene rings is 2. The maximum Gasteiger partial charge on any atom is 0.258 e. The van der Waals surface area contributed by atoms with E-state index in [1.54, 1.807) is 24.3 Å². The van der Waals surface area contributed by atoms with E-state index in [2.05, 4.69) is 25.2 Å². The first-order chi connectivity index (χ1) is 19.3. The minimum Gasteiger partial charge on any atom is -0.437 e. The second kappa shape index (κ2) is 12.2. The average molecular weight is 559 g/mol. The van der Waals surface area contributed by atoms with Gasteiger partial charge in [-0.05, 0) is 61.0 Å². The number of aromatic nitrogens is 4. The normalized spacial score (nSPS) is 13.6. The molecule has 2 aromatic carbocycles. The van der Waals surface area contributed by atoms with E-state index in [4.69, 9.17) is 15.5 Å². The van der Waals surface area contributed by atoms with Gasteiger partial charge in [0.05, 0.1) is 6.10 Å². The van der Waals surface area contributed by atoms with Crippen LogP contribution in [0, 0.1) is 0 Å². The largest absolute Gasteiger partial charge is 0.437 e. The number of hydrogen-bond donors (Lipinski definition) is 3. The summed E-state index contributed by atoms with van der Waals surface area (Å²) in [5.41, 5.74) is 8.23. The molecule has 0 spiro atoms. The van der Waals surface area contributed by atoms with Crippen molar-refractivity contribution in [1.82, 2.24) is 19.9 Å². The van der Waals surface area contributed by atoms with Gasteiger partial charge in [-0.3, -0.25) is 10.1 Å². The molecule has 0 unspecified atom stereocenters. The molecule has 0 saturated carbocycles. The maximum absolute atomic E-state index is 12.6. The van der Waals surface area contributed by atoms with E-state index in [0.29, 0.717) is 48.2 Å². The number of nitrogens with zero attached hydrogens (tertiary/aromatic N) is 6. The van der Waals surface area contributed by atoms with Crippen LogP contribution in [0.4, 0.5) is 23.3 Å². The number of aliphatic hydroxyl groups is 1. The average Bonchev–Trinajstić information content (AvgIpc) is 2.94. The number of amides is 1. The highest BCUT2D eigenvalue weighted by Gasteiger charge is 2.22. The lowest BCUT2D eigenvalue weighted by Gasteiger charge is -2.32. The van der Waals surface area contributed by atoms with Crippen molar-refractivity contribution in [2.45, 2.75) is 29.1 Å². The summed E-state index contributed by atoms with van der Waals surface area (Å²) in [5, 5.41) is 13.5. The topological polar surface area (TPSA) is 143 Å². The van der Waals surface area contributed by atoms with Crippen LogP contribution >= 0.6 is 11.8 Å². The quantitative estimate of drug-likeness (QED) is 0.288. The van der Waals surface area contributed by atoms with Crippen LogP contribution in [0.15, 0.2) is 76.9 Å². The lowest BCUT2D eigenvalue weighted by Crippen LogP contribution is -2.36. The van der Waals surface area contributed by atoms with Gasteiger partial charge < -0.3 is 25.4 Å². The number of nitrogen functional groups attached to an aromatic ring is 1. The van der Waals surface area contributed by atoms with Crippen LogP contribution in [0.1, 0.15) is 23.2 Å². The lowest BCUT2D eigenvalue weighted by molar-refractivity contribution is 0.102. The van der Waals surface area contributed by atoms with Crippen LogP contribution in [0.2, 0.25) is 0 Å². The number of rotatable bonds is 8. The minimum atomic E-state index is -0.355. The van der Waals surface area contributed by atoms with Crippen LogP contribution < -0.4 is 25.6 Å². The third-order valence-corrected chi connectivity index (χ3v) is 7.06. The molecule has 2 aromatic heterocycles. The third kappa shape index (κ3) is 6.77. The van der Waals surface area contributed by atoms with Gasteiger partial charge in [0, 0.05) is 44.5 Å². The Labute approximate surface area is 236 Å². The molecular formula is C28H30N8O3S. The number of anilines is 4. The summed E-state index contributed by atoms with van der Waals surface area (Å²) in [5.74, 6) is 0.740. The van der Waals surface area contributed by atoms with Gasteiger partial charge in [0.2, 0.25) is 22.9 Å². The van der Waals surface area contributed by atoms with Crippen LogP contribution in [-0.4, -0.2) is 64.2 Å². The highest BCUT2D eigenvalue weighted by atomic mass is 32.2. The van der Waals surface area contributed by atoms with Crippen molar-refractivity contribution >= 4 is 40.9 Å². The Hall–Kier alpha value is -4.42. The van der Waals surface area contributed by atoms with E-state index in [0.717, 1.165) is 11.4 Å². The fraction of sp³-hybridized carbons (Fsp3) is 0.250. The molecule has 1 aliphatic heterocycles. The lowest BCUT2D eigenvalue weighted by atomic mass is 10.1. The Morgan fingerprint density at radius 2 is 1.80 bits per heavy atom. The van der Waals surface area contributed by atoms with Crippen molar-refractivity contribution < 1.29 is 14.6 Å². The van der Waals surface area contributed by atoms with E-state index in [1.807, 2.05) is 61.5 Å². The number of piperidine rings is 1. The van der Waals surface area contributed by atoms with Crippen LogP contribution in [0.3, 0.4) is 0 Å². The fourth-order valence-corrected chi connectivity index (χ4v) is 4.89. The molecule has 3 heterocycles. The van der Waals surface area contributed by atoms with E-state index in [9.17, 15) is 9.90 Å². The molecule has 1 fully saturated rings. The van der Waals surface area contributed by atoms with Gasteiger partial charge in [-0.2, -0.15) is 15.0 Å². The standard InChI is InChI=1S/C28H30N8O3S/c1-35(2)19-9-6-10-21(17-19)39-25-22(36-15-13-20(37)14-16-36)11-12-23(30-25)40-28-33-26(29)32-27(34-28)31-24(38)18-7-4-3-5-8-18/h3-12,17,20,37H,13-16H2,1-2H3,(H3,29,31,32,33,34,38). The van der Waals surface area contributed by atoms with Crippen molar-refractivity contribution in [2.75, 3.05) is 48.0 Å². The Morgan fingerprint density at radius 3 is 2.55 bits per heavy atom. The summed E-state index contributed by atoms with van der Waals surface area (Å²) in [7, 11) is 3.94. The Morgan fingerprint density at radius 1 is 1.02 bits per heavy atom. The molecule has 4 N–H and O–H groups in total. The first kappa shape index (κ1) is 27.2. The van der Waals surface area contributed by atoms with Crippen molar-refractivity contribution in [3.05, 3.63) is 72.3 Å². The molecule has 40 heavy (non-hydrogen) atoms. The van der Waals surface area contributed by atoms with Crippen LogP contribution in [0.5, 0.6) is 11.6 Å². The van der Waals surface area contributed by atoms with Gasteiger partial charge in [0.1, 0.15) is 16.5 Å². The summed E-state index contributed by atoms with van der Waals surface area (Å²) in [6.07, 6.45) is 1.05. The number of carbonyl (C=O) groups excluding carboxylic acids is 1. The molecule has 11 nitrogen and oxygen atoms in total. The molecule has 4 aromatic rings. The summed E-state index contributed by atoms with van der Waals surface area (Å²) >= 11 is 1.18. The van der Waals surface area contributed by atoms with Crippen molar-refractivity contribution in [1.29, 1.82) is 0 Å². The van der Waals surface area contributed by atoms with Gasteiger partial charge in [0.15, 0.2) is 0 Å². The number of pyridine rings is 1. The molecule has 1 aliphatic rings. The second-order valence-electron chi connectivity index (χ2n) is 9.41. The van der Waals surface area contributed by atoms with Crippen LogP contribution in [0.25, 0.3) is 0 Å². The van der Waals surface area contributed by atoms with E-state index in [1.165, 1.54) is 11.8 Å². The zero-order valence-corrected chi connectivity index (χ0v) is 23.0. The number of aliphatic hydroxyl groups excluding tert-OH is 1. The predicted molar refractivity (Wildman–Crippen MR) is 155 cm³/mol. The van der Waals surface area contributed by atoms with E-state index >= 15 is 0 Å². The highest BCUT2D eigenvalue weighted by Crippen LogP contribution is 2.36. The van der Waals surface area contributed by atoms with Gasteiger partial charge in [-0.15, -0.1) is 0 Å². The summed E-state index contributed by atoms with van der Waals surface area (Å²) in [6.45, 7) is 1.38. The van der Waals surface area contributed by atoms with E-state index in [-0.39, 0.29) is 29.1 Å². The van der Waals surface area contributed by atoms with E-state index < -0.39 is 0 Å². The van der Waals surface area contributed by atoms with Crippen molar-refractivity contribution in [3.63, 3.8) is 0 Å². The predicted octanol–water partition coefficient (Wildman–Crippen LogP) is 4.07. The van der Waals surface area contributed by atoms with Crippen molar-refractivity contribution in [2.24, 2.45) is 0 Å². The zero-order chi connectivity index (χ0) is 28.1. The summed E-state index contributed by atoms with van der Waals surface area (Å²) in [6, 6.07) is 20.3. The molecule has 206 valence electrons. The molecule has 5 rings (SSSR count). The Balaban J connectivity index is 1.41. The molecule has 12 heteroatoms. The fourth-order valence-electron chi connectivity index (χ4n) is 4.16. The van der Waals surface area contributed by atoms with Crippen LogP contribution in [-0.2, 0) is 0 Å². The maximum atomic E-state index is 12.6. The molecule has 0 aliphatic carbocycles. The number of carbonyl (C=O) groups is 1. The zero-order valence-electron chi connectivity index (χ0n) is 22.2. The monoisotopic (exact) mass is 558 g/mol. The summed E-state index contributed by atoms with van der Waals surface area (Å²) in [4.78, 5) is 34.2. The number of nitrogens with one attached hydrogen (secondary N) is 1. The Kier molecular flexibility index (Phi) is 8.27. The number of hydrogen-bond acceptors (Lipinski definition) is 11. The SMILES string of the molecule is CN(C)c1cccc(Oc2nc(Sc3nc(N)nc(NC(=O)c4ccccc4)n3)ccc2N2CCC(O)CC2)c1. The molecule has 0 bridgehead atoms. The minimum absolute atomic E-state index is 0.0265. The van der Waals surface area contributed by atoms with Gasteiger partial charge in [-0.25, -0.2) is 4.98 Å². The van der Waals surface area contributed by atoms with Gasteiger partial charge >= 0.3 is 0 Å². The first-order valence-electron chi connectivity index (χ1n) is 12.8. The van der Waals surface area contributed by atoms with Crippen molar-refractivity contribution in [3.8, 4) is 11.6 Å². The third-order valence-electron chi connectivity index (χ3n) is 6.26. The number of nitrogens with two attached hydrogens (primary N) is 1. The highest BCUT2D eigenvalue weighted by molar-refractivity contribution is 7.99.